The number of nitrogens with zero attached hydrogens (tertiary/aromatic N) is 2. The van der Waals surface area contributed by atoms with Gasteiger partial charge in [-0.25, -0.2) is 4.98 Å². The van der Waals surface area contributed by atoms with Gasteiger partial charge in [-0.1, -0.05) is 24.3 Å². The van der Waals surface area contributed by atoms with Crippen molar-refractivity contribution >= 4 is 10.9 Å². The molecule has 0 spiro atoms. The number of aliphatic hydroxyl groups excluding tert-OH is 1. The summed E-state index contributed by atoms with van der Waals surface area (Å²) in [6.45, 7) is 3.67. The van der Waals surface area contributed by atoms with Gasteiger partial charge < -0.3 is 20.1 Å². The van der Waals surface area contributed by atoms with Crippen LogP contribution in [0.4, 0.5) is 0 Å². The minimum absolute atomic E-state index is 0.133. The maximum atomic E-state index is 9.93. The zero-order valence-electron chi connectivity index (χ0n) is 17.5. The molecule has 0 saturated carbocycles. The highest BCUT2D eigenvalue weighted by atomic mass is 16.5. The fourth-order valence-electron chi connectivity index (χ4n) is 4.12. The summed E-state index contributed by atoms with van der Waals surface area (Å²) in [5.41, 5.74) is 5.87. The Kier molecular flexibility index (Phi) is 5.40. The molecule has 0 aliphatic carbocycles. The molecule has 1 saturated heterocycles. The third-order valence-electron chi connectivity index (χ3n) is 5.81. The molecule has 6 heteroatoms. The number of aromatic amines is 1. The quantitative estimate of drug-likeness (QED) is 0.449. The highest BCUT2D eigenvalue weighted by molar-refractivity contribution is 5.97. The molecule has 2 aromatic heterocycles. The monoisotopic (exact) mass is 414 g/mol. The number of H-pyrrole nitrogens is 1. The molecule has 3 N–H and O–H groups in total. The Bertz CT molecular complexity index is 1200. The Labute approximate surface area is 181 Å². The van der Waals surface area contributed by atoms with Crippen molar-refractivity contribution in [3.8, 4) is 28.3 Å². The molecule has 1 aliphatic heterocycles. The van der Waals surface area contributed by atoms with E-state index in [2.05, 4.69) is 39.6 Å². The SMILES string of the molecule is C[C@H](O)c1cccc(-c2ccc3[nH]cc(-c4cncc(O[C@@H]5CCCNC5)n4)c3c2)c1. The normalized spacial score (nSPS) is 17.5. The van der Waals surface area contributed by atoms with E-state index in [9.17, 15) is 5.11 Å². The summed E-state index contributed by atoms with van der Waals surface area (Å²) >= 11 is 0. The second-order valence-electron chi connectivity index (χ2n) is 8.09. The van der Waals surface area contributed by atoms with Crippen LogP contribution in [0.25, 0.3) is 33.3 Å². The van der Waals surface area contributed by atoms with E-state index < -0.39 is 6.10 Å². The van der Waals surface area contributed by atoms with Crippen LogP contribution in [-0.2, 0) is 0 Å². The van der Waals surface area contributed by atoms with Gasteiger partial charge in [0.05, 0.1) is 24.2 Å². The number of aromatic nitrogens is 3. The van der Waals surface area contributed by atoms with E-state index in [4.69, 9.17) is 9.72 Å². The Hall–Kier alpha value is -3.22. The Balaban J connectivity index is 1.49. The highest BCUT2D eigenvalue weighted by Gasteiger charge is 2.16. The van der Waals surface area contributed by atoms with Crippen molar-refractivity contribution in [1.82, 2.24) is 20.3 Å². The summed E-state index contributed by atoms with van der Waals surface area (Å²) in [5, 5.41) is 14.4. The van der Waals surface area contributed by atoms with Crippen LogP contribution in [0.5, 0.6) is 5.88 Å². The first-order chi connectivity index (χ1) is 15.2. The number of rotatable bonds is 5. The van der Waals surface area contributed by atoms with Crippen molar-refractivity contribution < 1.29 is 9.84 Å². The lowest BCUT2D eigenvalue weighted by Crippen LogP contribution is -2.37. The van der Waals surface area contributed by atoms with E-state index in [0.29, 0.717) is 5.88 Å². The van der Waals surface area contributed by atoms with E-state index in [1.165, 1.54) is 0 Å². The average molecular weight is 415 g/mol. The number of piperidine rings is 1. The Morgan fingerprint density at radius 2 is 2.03 bits per heavy atom. The molecule has 31 heavy (non-hydrogen) atoms. The third kappa shape index (κ3) is 4.17. The first kappa shape index (κ1) is 19.7. The molecule has 6 nitrogen and oxygen atoms in total. The van der Waals surface area contributed by atoms with Gasteiger partial charge >= 0.3 is 0 Å². The molecule has 0 unspecified atom stereocenters. The molecule has 158 valence electrons. The van der Waals surface area contributed by atoms with Crippen molar-refractivity contribution in [2.45, 2.75) is 32.0 Å². The van der Waals surface area contributed by atoms with Crippen LogP contribution in [-0.4, -0.2) is 39.3 Å². The molecule has 0 radical (unpaired) electrons. The second-order valence-corrected chi connectivity index (χ2v) is 8.09. The fraction of sp³-hybridized carbons (Fsp3) is 0.280. The minimum atomic E-state index is -0.496. The summed E-state index contributed by atoms with van der Waals surface area (Å²) in [6, 6.07) is 14.3. The molecule has 1 aliphatic rings. The van der Waals surface area contributed by atoms with Gasteiger partial charge in [-0.15, -0.1) is 0 Å². The molecule has 0 amide bonds. The highest BCUT2D eigenvalue weighted by Crippen LogP contribution is 2.32. The molecule has 1 fully saturated rings. The standard InChI is InChI=1S/C25H26N4O2/c1-16(30)17-4-2-5-18(10-17)19-7-8-23-21(11-19)22(13-28-23)24-14-27-15-25(29-24)31-20-6-3-9-26-12-20/h2,4-5,7-8,10-11,13-16,20,26,28,30H,3,6,9,12H2,1H3/t16-,20+/m0/s1. The van der Waals surface area contributed by atoms with Gasteiger partial charge in [-0.3, -0.25) is 4.98 Å². The zero-order valence-corrected chi connectivity index (χ0v) is 17.5. The van der Waals surface area contributed by atoms with Crippen molar-refractivity contribution in [3.63, 3.8) is 0 Å². The van der Waals surface area contributed by atoms with Crippen LogP contribution >= 0.6 is 0 Å². The largest absolute Gasteiger partial charge is 0.472 e. The molecule has 5 rings (SSSR count). The number of nitrogens with one attached hydrogen (secondary N) is 2. The lowest BCUT2D eigenvalue weighted by atomic mass is 9.99. The number of ether oxygens (including phenoxy) is 1. The molecular formula is C25H26N4O2. The lowest BCUT2D eigenvalue weighted by Gasteiger charge is -2.23. The summed E-state index contributed by atoms with van der Waals surface area (Å²) in [4.78, 5) is 12.4. The van der Waals surface area contributed by atoms with Crippen molar-refractivity contribution in [2.75, 3.05) is 13.1 Å². The van der Waals surface area contributed by atoms with Gasteiger partial charge in [-0.2, -0.15) is 0 Å². The number of aliphatic hydroxyl groups is 1. The zero-order chi connectivity index (χ0) is 21.2. The van der Waals surface area contributed by atoms with Gasteiger partial charge in [0.25, 0.3) is 0 Å². The van der Waals surface area contributed by atoms with Crippen molar-refractivity contribution in [3.05, 3.63) is 66.6 Å². The van der Waals surface area contributed by atoms with Crippen molar-refractivity contribution in [1.29, 1.82) is 0 Å². The minimum Gasteiger partial charge on any atom is -0.472 e. The summed E-state index contributed by atoms with van der Waals surface area (Å²) in [5.74, 6) is 0.557. The summed E-state index contributed by atoms with van der Waals surface area (Å²) in [7, 11) is 0. The topological polar surface area (TPSA) is 83.1 Å². The number of hydrogen-bond acceptors (Lipinski definition) is 5. The summed E-state index contributed by atoms with van der Waals surface area (Å²) < 4.78 is 6.06. The number of benzene rings is 2. The summed E-state index contributed by atoms with van der Waals surface area (Å²) in [6.07, 6.45) is 7.20. The molecule has 3 heterocycles. The Morgan fingerprint density at radius 1 is 1.13 bits per heavy atom. The van der Waals surface area contributed by atoms with E-state index >= 15 is 0 Å². The van der Waals surface area contributed by atoms with Gasteiger partial charge in [0.1, 0.15) is 6.10 Å². The van der Waals surface area contributed by atoms with E-state index in [-0.39, 0.29) is 6.10 Å². The van der Waals surface area contributed by atoms with Crippen LogP contribution in [0.1, 0.15) is 31.4 Å². The Morgan fingerprint density at radius 3 is 2.87 bits per heavy atom. The maximum Gasteiger partial charge on any atom is 0.233 e. The molecule has 0 bridgehead atoms. The van der Waals surface area contributed by atoms with E-state index in [1.807, 2.05) is 24.4 Å². The lowest BCUT2D eigenvalue weighted by molar-refractivity contribution is 0.160. The molecule has 2 atom stereocenters. The van der Waals surface area contributed by atoms with Gasteiger partial charge in [0.15, 0.2) is 0 Å². The van der Waals surface area contributed by atoms with Gasteiger partial charge in [0, 0.05) is 29.2 Å². The smallest absolute Gasteiger partial charge is 0.233 e. The first-order valence-electron chi connectivity index (χ1n) is 10.8. The molecule has 4 aromatic rings. The van der Waals surface area contributed by atoms with Crippen LogP contribution in [0.3, 0.4) is 0 Å². The average Bonchev–Trinajstić information content (AvgIpc) is 3.23. The fourth-order valence-corrected chi connectivity index (χ4v) is 4.12. The predicted molar refractivity (Wildman–Crippen MR) is 122 cm³/mol. The van der Waals surface area contributed by atoms with Crippen LogP contribution in [0, 0.1) is 0 Å². The number of hydrogen-bond donors (Lipinski definition) is 3. The second kappa shape index (κ2) is 8.49. The van der Waals surface area contributed by atoms with Crippen LogP contribution in [0.15, 0.2) is 61.1 Å². The third-order valence-corrected chi connectivity index (χ3v) is 5.81. The van der Waals surface area contributed by atoms with E-state index in [1.54, 1.807) is 19.3 Å². The maximum absolute atomic E-state index is 9.93. The predicted octanol–water partition coefficient (Wildman–Crippen LogP) is 4.48. The van der Waals surface area contributed by atoms with Crippen molar-refractivity contribution in [2.24, 2.45) is 0 Å². The molecular weight excluding hydrogens is 388 g/mol. The first-order valence-corrected chi connectivity index (χ1v) is 10.8. The van der Waals surface area contributed by atoms with Gasteiger partial charge in [-0.05, 0) is 61.2 Å². The molecule has 2 aromatic carbocycles. The number of fused-ring (bicyclic) bond motifs is 1. The van der Waals surface area contributed by atoms with Gasteiger partial charge in [0.2, 0.25) is 5.88 Å². The van der Waals surface area contributed by atoms with E-state index in [0.717, 1.165) is 64.8 Å². The van der Waals surface area contributed by atoms with Crippen LogP contribution in [0.2, 0.25) is 0 Å². The van der Waals surface area contributed by atoms with Crippen LogP contribution < -0.4 is 10.1 Å².